The summed E-state index contributed by atoms with van der Waals surface area (Å²) in [5.41, 5.74) is 3.67. The molecule has 0 aliphatic carbocycles. The first-order valence-corrected chi connectivity index (χ1v) is 7.22. The van der Waals surface area contributed by atoms with Crippen LogP contribution in [0.2, 0.25) is 0 Å². The van der Waals surface area contributed by atoms with Crippen LogP contribution in [0.3, 0.4) is 0 Å². The quantitative estimate of drug-likeness (QED) is 0.776. The first kappa shape index (κ1) is 13.1. The van der Waals surface area contributed by atoms with Gasteiger partial charge in [-0.05, 0) is 32.0 Å². The van der Waals surface area contributed by atoms with Crippen LogP contribution in [0, 0.1) is 6.92 Å². The second kappa shape index (κ2) is 6.01. The molecule has 0 spiro atoms. The Morgan fingerprint density at radius 1 is 1.17 bits per heavy atom. The van der Waals surface area contributed by atoms with Crippen LogP contribution in [0.1, 0.15) is 18.1 Å². The van der Waals surface area contributed by atoms with Crippen LogP contribution in [-0.4, -0.2) is 11.5 Å². The van der Waals surface area contributed by atoms with Gasteiger partial charge < -0.3 is 4.90 Å². The summed E-state index contributed by atoms with van der Waals surface area (Å²) in [6, 6.07) is 12.6. The first-order chi connectivity index (χ1) is 8.76. The van der Waals surface area contributed by atoms with Gasteiger partial charge in [0, 0.05) is 29.3 Å². The Kier molecular flexibility index (Phi) is 4.37. The summed E-state index contributed by atoms with van der Waals surface area (Å²) >= 11 is 3.52. The van der Waals surface area contributed by atoms with Gasteiger partial charge >= 0.3 is 0 Å². The zero-order valence-corrected chi connectivity index (χ0v) is 12.3. The summed E-state index contributed by atoms with van der Waals surface area (Å²) in [4.78, 5) is 6.75. The number of pyridine rings is 1. The average molecular weight is 305 g/mol. The van der Waals surface area contributed by atoms with E-state index in [1.165, 1.54) is 16.8 Å². The minimum atomic E-state index is 0.818. The molecule has 0 fully saturated rings. The maximum Gasteiger partial charge on any atom is 0.136 e. The van der Waals surface area contributed by atoms with Crippen LogP contribution in [0.4, 0.5) is 11.5 Å². The molecular weight excluding hydrogens is 288 g/mol. The standard InChI is InChI=1S/C15H17BrN2/c1-3-18(14-8-6-12(2)7-9-14)15-13(11-16)5-4-10-17-15/h4-10H,3,11H2,1-2H3. The topological polar surface area (TPSA) is 16.1 Å². The van der Waals surface area contributed by atoms with Gasteiger partial charge in [-0.2, -0.15) is 0 Å². The summed E-state index contributed by atoms with van der Waals surface area (Å²) in [6.45, 7) is 5.15. The van der Waals surface area contributed by atoms with Crippen LogP contribution in [0.15, 0.2) is 42.6 Å². The number of benzene rings is 1. The van der Waals surface area contributed by atoms with E-state index in [0.29, 0.717) is 0 Å². The number of aryl methyl sites for hydroxylation is 1. The van der Waals surface area contributed by atoms with E-state index in [9.17, 15) is 0 Å². The normalized spacial score (nSPS) is 10.4. The lowest BCUT2D eigenvalue weighted by molar-refractivity contribution is 0.977. The number of alkyl halides is 1. The molecule has 0 atom stereocenters. The van der Waals surface area contributed by atoms with Crippen molar-refractivity contribution >= 4 is 27.4 Å². The number of halogens is 1. The Morgan fingerprint density at radius 3 is 2.50 bits per heavy atom. The number of rotatable bonds is 4. The van der Waals surface area contributed by atoms with E-state index in [2.05, 4.69) is 70.0 Å². The van der Waals surface area contributed by atoms with Crippen molar-refractivity contribution in [2.24, 2.45) is 0 Å². The minimum absolute atomic E-state index is 0.818. The molecule has 0 amide bonds. The highest BCUT2D eigenvalue weighted by molar-refractivity contribution is 9.08. The van der Waals surface area contributed by atoms with Gasteiger partial charge in [-0.1, -0.05) is 39.7 Å². The van der Waals surface area contributed by atoms with Gasteiger partial charge in [0.1, 0.15) is 5.82 Å². The van der Waals surface area contributed by atoms with Gasteiger partial charge in [-0.25, -0.2) is 4.98 Å². The molecule has 1 heterocycles. The zero-order chi connectivity index (χ0) is 13.0. The number of hydrogen-bond donors (Lipinski definition) is 0. The number of hydrogen-bond acceptors (Lipinski definition) is 2. The number of nitrogens with zero attached hydrogens (tertiary/aromatic N) is 2. The molecule has 0 saturated heterocycles. The van der Waals surface area contributed by atoms with E-state index in [0.717, 1.165) is 17.7 Å². The Morgan fingerprint density at radius 2 is 1.89 bits per heavy atom. The number of aromatic nitrogens is 1. The molecule has 0 bridgehead atoms. The highest BCUT2D eigenvalue weighted by atomic mass is 79.9. The van der Waals surface area contributed by atoms with Gasteiger partial charge in [0.05, 0.1) is 0 Å². The van der Waals surface area contributed by atoms with E-state index in [4.69, 9.17) is 0 Å². The Balaban J connectivity index is 2.41. The minimum Gasteiger partial charge on any atom is -0.326 e. The molecule has 0 N–H and O–H groups in total. The smallest absolute Gasteiger partial charge is 0.136 e. The van der Waals surface area contributed by atoms with Crippen molar-refractivity contribution in [1.29, 1.82) is 0 Å². The molecule has 1 aromatic heterocycles. The summed E-state index contributed by atoms with van der Waals surface area (Å²) in [5, 5.41) is 0.818. The molecule has 1 aromatic carbocycles. The number of anilines is 2. The third-order valence-corrected chi connectivity index (χ3v) is 3.53. The second-order valence-corrected chi connectivity index (χ2v) is 4.76. The van der Waals surface area contributed by atoms with Gasteiger partial charge in [0.15, 0.2) is 0 Å². The van der Waals surface area contributed by atoms with E-state index < -0.39 is 0 Å². The Hall–Kier alpha value is -1.35. The Bertz CT molecular complexity index is 508. The predicted octanol–water partition coefficient (Wildman–Crippen LogP) is 4.44. The average Bonchev–Trinajstić information content (AvgIpc) is 2.42. The highest BCUT2D eigenvalue weighted by Crippen LogP contribution is 2.27. The summed E-state index contributed by atoms with van der Waals surface area (Å²) in [6.07, 6.45) is 1.85. The largest absolute Gasteiger partial charge is 0.326 e. The van der Waals surface area contributed by atoms with Gasteiger partial charge in [0.2, 0.25) is 0 Å². The van der Waals surface area contributed by atoms with Crippen LogP contribution in [0.25, 0.3) is 0 Å². The van der Waals surface area contributed by atoms with Crippen molar-refractivity contribution in [3.05, 3.63) is 53.7 Å². The lowest BCUT2D eigenvalue weighted by Crippen LogP contribution is -2.18. The van der Waals surface area contributed by atoms with Crippen LogP contribution < -0.4 is 4.90 Å². The van der Waals surface area contributed by atoms with Gasteiger partial charge in [-0.3, -0.25) is 0 Å². The lowest BCUT2D eigenvalue weighted by atomic mass is 10.2. The third-order valence-electron chi connectivity index (χ3n) is 2.93. The van der Waals surface area contributed by atoms with E-state index in [1.54, 1.807) is 0 Å². The summed E-state index contributed by atoms with van der Waals surface area (Å²) in [5.74, 6) is 1.03. The fourth-order valence-corrected chi connectivity index (χ4v) is 2.39. The first-order valence-electron chi connectivity index (χ1n) is 6.10. The molecule has 0 unspecified atom stereocenters. The van der Waals surface area contributed by atoms with Gasteiger partial charge in [-0.15, -0.1) is 0 Å². The second-order valence-electron chi connectivity index (χ2n) is 4.20. The van der Waals surface area contributed by atoms with Crippen LogP contribution >= 0.6 is 15.9 Å². The van der Waals surface area contributed by atoms with E-state index >= 15 is 0 Å². The Labute approximate surface area is 117 Å². The zero-order valence-electron chi connectivity index (χ0n) is 10.7. The van der Waals surface area contributed by atoms with E-state index in [1.807, 2.05) is 12.3 Å². The monoisotopic (exact) mass is 304 g/mol. The fraction of sp³-hybridized carbons (Fsp3) is 0.267. The molecule has 3 heteroatoms. The molecule has 2 rings (SSSR count). The lowest BCUT2D eigenvalue weighted by Gasteiger charge is -2.24. The molecule has 0 saturated carbocycles. The summed E-state index contributed by atoms with van der Waals surface area (Å²) < 4.78 is 0. The fourth-order valence-electron chi connectivity index (χ4n) is 1.96. The third kappa shape index (κ3) is 2.72. The summed E-state index contributed by atoms with van der Waals surface area (Å²) in [7, 11) is 0. The SMILES string of the molecule is CCN(c1ccc(C)cc1)c1ncccc1CBr. The van der Waals surface area contributed by atoms with Crippen molar-refractivity contribution in [3.63, 3.8) is 0 Å². The van der Waals surface area contributed by atoms with Crippen LogP contribution in [-0.2, 0) is 5.33 Å². The van der Waals surface area contributed by atoms with Gasteiger partial charge in [0.25, 0.3) is 0 Å². The molecule has 0 aliphatic rings. The predicted molar refractivity (Wildman–Crippen MR) is 80.7 cm³/mol. The van der Waals surface area contributed by atoms with Crippen molar-refractivity contribution in [2.45, 2.75) is 19.2 Å². The van der Waals surface area contributed by atoms with Crippen LogP contribution in [0.5, 0.6) is 0 Å². The maximum atomic E-state index is 4.52. The van der Waals surface area contributed by atoms with Crippen molar-refractivity contribution in [3.8, 4) is 0 Å². The molecular formula is C15H17BrN2. The highest BCUT2D eigenvalue weighted by Gasteiger charge is 2.11. The molecule has 2 nitrogen and oxygen atoms in total. The van der Waals surface area contributed by atoms with Crippen molar-refractivity contribution < 1.29 is 0 Å². The maximum absolute atomic E-state index is 4.52. The molecule has 0 radical (unpaired) electrons. The van der Waals surface area contributed by atoms with Crippen molar-refractivity contribution in [2.75, 3.05) is 11.4 Å². The molecule has 94 valence electrons. The molecule has 2 aromatic rings. The molecule has 0 aliphatic heterocycles. The van der Waals surface area contributed by atoms with Crippen molar-refractivity contribution in [1.82, 2.24) is 4.98 Å². The molecule has 18 heavy (non-hydrogen) atoms. The van der Waals surface area contributed by atoms with E-state index in [-0.39, 0.29) is 0 Å².